The van der Waals surface area contributed by atoms with Gasteiger partial charge in [0.1, 0.15) is 0 Å². The zero-order valence-electron chi connectivity index (χ0n) is 8.58. The van der Waals surface area contributed by atoms with Crippen molar-refractivity contribution >= 4 is 20.8 Å². The molecule has 19 heavy (non-hydrogen) atoms. The fourth-order valence-electron chi connectivity index (χ4n) is 0. The van der Waals surface area contributed by atoms with E-state index in [2.05, 4.69) is 0 Å². The van der Waals surface area contributed by atoms with Gasteiger partial charge in [-0.05, 0) is 0 Å². The predicted octanol–water partition coefficient (Wildman–Crippen LogP) is -9.28. The molecule has 0 amide bonds. The first-order valence-electron chi connectivity index (χ1n) is 1.33. The summed E-state index contributed by atoms with van der Waals surface area (Å²) in [7, 11) is -10.3. The Bertz CT molecular complexity index is 211. The van der Waals surface area contributed by atoms with Crippen LogP contribution in [0.15, 0.2) is 0 Å². The van der Waals surface area contributed by atoms with Crippen molar-refractivity contribution in [3.05, 3.63) is 0 Å². The van der Waals surface area contributed by atoms with Gasteiger partial charge in [0, 0.05) is 20.8 Å². The summed E-state index contributed by atoms with van der Waals surface area (Å²) in [4.78, 5) is 0. The van der Waals surface area contributed by atoms with Crippen LogP contribution in [0.25, 0.3) is 0 Å². The van der Waals surface area contributed by atoms with E-state index in [9.17, 15) is 0 Å². The molecule has 0 aromatic heterocycles. The Balaban J connectivity index is -0.00000000508. The Morgan fingerprint density at radius 2 is 0.421 bits per heavy atom. The first-order valence-corrected chi connectivity index (χ1v) is 4.00. The van der Waals surface area contributed by atoms with Gasteiger partial charge in [0.05, 0.1) is 0 Å². The van der Waals surface area contributed by atoms with Crippen molar-refractivity contribution in [1.82, 2.24) is 0 Å². The van der Waals surface area contributed by atoms with Gasteiger partial charge in [0.25, 0.3) is 0 Å². The molecule has 0 saturated heterocycles. The first-order chi connectivity index (χ1) is 4.00. The maximum absolute atomic E-state index is 8.52. The minimum Gasteiger partial charge on any atom is -0.759 e. The molecule has 16 nitrogen and oxygen atoms in total. The number of hydrogen-bond acceptors (Lipinski definition) is 8. The SMILES string of the molecule is O.O.O.O.O.O.O.O.O=S(=O)([O-])[O-].O=S(=O)([O-])[O-].[Ti+4]. The van der Waals surface area contributed by atoms with Gasteiger partial charge in [-0.1, -0.05) is 0 Å². The molecule has 0 radical (unpaired) electrons. The molecule has 0 aliphatic heterocycles. The normalized spacial score (nSPS) is 6.11. The summed E-state index contributed by atoms with van der Waals surface area (Å²) >= 11 is 0. The summed E-state index contributed by atoms with van der Waals surface area (Å²) in [5.41, 5.74) is 0. The molecular formula is H16O16S2Ti. The summed E-state index contributed by atoms with van der Waals surface area (Å²) in [5, 5.41) is 0. The number of rotatable bonds is 0. The molecule has 0 aliphatic carbocycles. The van der Waals surface area contributed by atoms with Gasteiger partial charge < -0.3 is 62.0 Å². The zero-order chi connectivity index (χ0) is 9.00. The molecule has 0 atom stereocenters. The van der Waals surface area contributed by atoms with Crippen LogP contribution in [0.2, 0.25) is 0 Å². The van der Waals surface area contributed by atoms with Crippen LogP contribution in [-0.2, 0) is 42.5 Å². The minimum atomic E-state index is -5.17. The first kappa shape index (κ1) is 95.1. The van der Waals surface area contributed by atoms with Crippen molar-refractivity contribution in [2.24, 2.45) is 0 Å². The smallest absolute Gasteiger partial charge is 0.759 e. The third kappa shape index (κ3) is 262000. The van der Waals surface area contributed by atoms with Gasteiger partial charge in [-0.2, -0.15) is 0 Å². The van der Waals surface area contributed by atoms with E-state index < -0.39 is 20.8 Å². The van der Waals surface area contributed by atoms with Crippen molar-refractivity contribution in [2.75, 3.05) is 0 Å². The van der Waals surface area contributed by atoms with Crippen LogP contribution >= 0.6 is 0 Å². The van der Waals surface area contributed by atoms with Gasteiger partial charge in [-0.25, -0.2) is 0 Å². The fraction of sp³-hybridized carbons (Fsp3) is 0. The van der Waals surface area contributed by atoms with Crippen molar-refractivity contribution in [2.45, 2.75) is 0 Å². The Kier molecular flexibility index (Phi) is 181. The van der Waals surface area contributed by atoms with E-state index in [0.29, 0.717) is 0 Å². The standard InChI is InChI=1S/2H2O4S.8H2O.Ti/c2*1-5(2,3)4;;;;;;;;;/h2*(H2,1,2,3,4);8*1H2;/q;;;;;;;;;;+4/p-4. The van der Waals surface area contributed by atoms with Crippen molar-refractivity contribution in [3.8, 4) is 0 Å². The van der Waals surface area contributed by atoms with Gasteiger partial charge >= 0.3 is 21.7 Å². The van der Waals surface area contributed by atoms with Crippen LogP contribution in [0.3, 0.4) is 0 Å². The fourth-order valence-corrected chi connectivity index (χ4v) is 0. The van der Waals surface area contributed by atoms with Gasteiger partial charge in [-0.15, -0.1) is 0 Å². The molecule has 0 bridgehead atoms. The van der Waals surface area contributed by atoms with Crippen LogP contribution in [0, 0.1) is 0 Å². The zero-order valence-corrected chi connectivity index (χ0v) is 11.8. The van der Waals surface area contributed by atoms with Crippen LogP contribution in [0.5, 0.6) is 0 Å². The molecule has 19 heteroatoms. The van der Waals surface area contributed by atoms with E-state index in [4.69, 9.17) is 35.0 Å². The molecule has 128 valence electrons. The predicted molar refractivity (Wildman–Crippen MR) is 49.9 cm³/mol. The van der Waals surface area contributed by atoms with E-state index in [0.717, 1.165) is 0 Å². The molecule has 0 rings (SSSR count). The molecule has 0 heterocycles. The summed E-state index contributed by atoms with van der Waals surface area (Å²) in [6.45, 7) is 0. The van der Waals surface area contributed by atoms with Gasteiger partial charge in [0.2, 0.25) is 0 Å². The largest absolute Gasteiger partial charge is 4.00 e. The molecule has 0 saturated carbocycles. The van der Waals surface area contributed by atoms with Crippen LogP contribution < -0.4 is 0 Å². The quantitative estimate of drug-likeness (QED) is 0.218. The molecule has 0 aliphatic rings. The third-order valence-corrected chi connectivity index (χ3v) is 0. The van der Waals surface area contributed by atoms with Crippen molar-refractivity contribution in [3.63, 3.8) is 0 Å². The Hall–Kier alpha value is 0.134. The van der Waals surface area contributed by atoms with E-state index >= 15 is 0 Å². The van der Waals surface area contributed by atoms with Crippen LogP contribution in [0.1, 0.15) is 0 Å². The van der Waals surface area contributed by atoms with E-state index in [1.165, 1.54) is 0 Å². The van der Waals surface area contributed by atoms with E-state index in [-0.39, 0.29) is 65.5 Å². The Morgan fingerprint density at radius 3 is 0.421 bits per heavy atom. The summed E-state index contributed by atoms with van der Waals surface area (Å²) in [6.07, 6.45) is 0. The third-order valence-electron chi connectivity index (χ3n) is 0. The Morgan fingerprint density at radius 1 is 0.421 bits per heavy atom. The molecule has 0 unspecified atom stereocenters. The minimum absolute atomic E-state index is 0. The monoisotopic (exact) mass is 384 g/mol. The van der Waals surface area contributed by atoms with Crippen molar-refractivity contribution < 1.29 is 101 Å². The maximum atomic E-state index is 8.52. The molecule has 0 fully saturated rings. The maximum Gasteiger partial charge on any atom is 4.00 e. The number of hydrogen-bond donors (Lipinski definition) is 0. The van der Waals surface area contributed by atoms with E-state index in [1.807, 2.05) is 0 Å². The summed E-state index contributed by atoms with van der Waals surface area (Å²) in [5.74, 6) is 0. The Labute approximate surface area is 121 Å². The molecule has 0 aromatic rings. The molecule has 0 aromatic carbocycles. The average molecular weight is 384 g/mol. The second-order valence-corrected chi connectivity index (χ2v) is 2.45. The van der Waals surface area contributed by atoms with Crippen LogP contribution in [-0.4, -0.2) is 78.9 Å². The summed E-state index contributed by atoms with van der Waals surface area (Å²) < 4.78 is 68.2. The second-order valence-electron chi connectivity index (χ2n) is 0.816. The topological polar surface area (TPSA) is 413 Å². The molecule has 0 spiro atoms. The van der Waals surface area contributed by atoms with Crippen molar-refractivity contribution in [1.29, 1.82) is 0 Å². The van der Waals surface area contributed by atoms with Crippen LogP contribution in [0.4, 0.5) is 0 Å². The summed E-state index contributed by atoms with van der Waals surface area (Å²) in [6, 6.07) is 0. The molecule has 16 N–H and O–H groups in total. The average Bonchev–Trinajstić information content (AvgIpc) is 1.12. The van der Waals surface area contributed by atoms with E-state index in [1.54, 1.807) is 0 Å². The molecular weight excluding hydrogens is 368 g/mol. The van der Waals surface area contributed by atoms with Gasteiger partial charge in [0.15, 0.2) is 0 Å². The van der Waals surface area contributed by atoms with Gasteiger partial charge in [-0.3, -0.25) is 16.8 Å². The second kappa shape index (κ2) is 36.2.